The molecule has 0 aromatic heterocycles. The lowest BCUT2D eigenvalue weighted by atomic mass is 9.55. The molecule has 3 aliphatic heterocycles. The summed E-state index contributed by atoms with van der Waals surface area (Å²) in [5, 5.41) is 25.2. The van der Waals surface area contributed by atoms with Crippen molar-refractivity contribution in [2.45, 2.75) is 133 Å². The van der Waals surface area contributed by atoms with E-state index in [1.54, 1.807) is 24.3 Å². The highest BCUT2D eigenvalue weighted by Gasteiger charge is 2.65. The first kappa shape index (κ1) is 47.8. The Balaban J connectivity index is 1.23. The number of aliphatic hydroxyl groups excluding tert-OH is 2. The van der Waals surface area contributed by atoms with Crippen LogP contribution in [0.3, 0.4) is 0 Å². The van der Waals surface area contributed by atoms with Gasteiger partial charge in [0.05, 0.1) is 24.8 Å². The van der Waals surface area contributed by atoms with Crippen LogP contribution in [0.1, 0.15) is 130 Å². The minimum Gasteiger partial charge on any atom is -0.459 e. The van der Waals surface area contributed by atoms with Crippen molar-refractivity contribution in [3.8, 4) is 28.7 Å². The first-order chi connectivity index (χ1) is 33.4. The zero-order valence-corrected chi connectivity index (χ0v) is 39.3. The van der Waals surface area contributed by atoms with E-state index in [-0.39, 0.29) is 63.2 Å². The average Bonchev–Trinajstić information content (AvgIpc) is 4.08. The Kier molecular flexibility index (Phi) is 15.8. The van der Waals surface area contributed by atoms with Gasteiger partial charge >= 0.3 is 0 Å². The van der Waals surface area contributed by atoms with E-state index in [0.717, 1.165) is 92.9 Å². The molecule has 0 bridgehead atoms. The van der Waals surface area contributed by atoms with E-state index >= 15 is 4.79 Å². The smallest absolute Gasteiger partial charge is 0.239 e. The van der Waals surface area contributed by atoms with Crippen LogP contribution in [-0.2, 0) is 25.7 Å². The molecule has 3 aromatic carbocycles. The Hall–Kier alpha value is -5.21. The number of carbonyl (C=O) groups excluding carboxylic acids is 2. The molecule has 3 heterocycles. The maximum atomic E-state index is 15.4. The summed E-state index contributed by atoms with van der Waals surface area (Å²) in [5.74, 6) is 1.48. The fraction of sp³-hybridized carbons (Fsp3) is 0.545. The second kappa shape index (κ2) is 22.5. The number of hydrogen-bond donors (Lipinski definition) is 2. The Morgan fingerprint density at radius 1 is 0.882 bits per heavy atom. The van der Waals surface area contributed by atoms with Crippen LogP contribution in [0.2, 0.25) is 0 Å². The molecule has 2 saturated carbocycles. The molecule has 364 valence electrons. The zero-order chi connectivity index (χ0) is 46.9. The van der Waals surface area contributed by atoms with Gasteiger partial charge in [0.2, 0.25) is 24.8 Å². The number of hydrogen-bond acceptors (Lipinski definition) is 12. The van der Waals surface area contributed by atoms with Gasteiger partial charge in [-0.05, 0) is 116 Å². The predicted octanol–water partition coefficient (Wildman–Crippen LogP) is 10.2. The van der Waals surface area contributed by atoms with Gasteiger partial charge in [-0.1, -0.05) is 74.0 Å². The van der Waals surface area contributed by atoms with E-state index in [0.29, 0.717) is 66.1 Å². The average molecular weight is 933 g/mol. The lowest BCUT2D eigenvalue weighted by Crippen LogP contribution is -2.70. The number of aldehydes is 1. The normalized spacial score (nSPS) is 26.6. The number of oxime groups is 1. The van der Waals surface area contributed by atoms with Gasteiger partial charge in [0.25, 0.3) is 0 Å². The monoisotopic (exact) mass is 932 g/mol. The van der Waals surface area contributed by atoms with E-state index in [4.69, 9.17) is 38.4 Å². The number of amides is 1. The molecule has 1 unspecified atom stereocenters. The molecule has 6 aliphatic rings. The van der Waals surface area contributed by atoms with Gasteiger partial charge in [0, 0.05) is 56.1 Å². The molecule has 0 radical (unpaired) electrons. The topological polar surface area (TPSA) is 155 Å². The van der Waals surface area contributed by atoms with Gasteiger partial charge in [0.15, 0.2) is 11.5 Å². The minimum atomic E-state index is -1.43. The summed E-state index contributed by atoms with van der Waals surface area (Å²) in [6.45, 7) is 5.44. The Labute approximate surface area is 400 Å². The molecule has 0 spiro atoms. The van der Waals surface area contributed by atoms with Crippen molar-refractivity contribution in [1.82, 2.24) is 4.90 Å². The van der Waals surface area contributed by atoms with Crippen LogP contribution in [0.5, 0.6) is 28.7 Å². The zero-order valence-electron chi connectivity index (χ0n) is 39.3. The van der Waals surface area contributed by atoms with Crippen molar-refractivity contribution < 1.29 is 53.1 Å². The third-order valence-electron chi connectivity index (χ3n) is 15.0. The summed E-state index contributed by atoms with van der Waals surface area (Å²) in [6, 6.07) is 18.1. The number of allylic oxidation sites excluding steroid dienone is 1. The quantitative estimate of drug-likeness (QED) is 0.0428. The summed E-state index contributed by atoms with van der Waals surface area (Å²) in [5.41, 5.74) is 4.01. The standard InChI is InChI=1S/C55H68N2O11/c1-2-27-65-55-50(57(51(61)24-20-37-12-3-4-13-37)34-38-19-22-48-49(30-38)64-36-63-48)33-46(56-68-52-18-7-10-28-62-52)44-31-40(15-5-8-25-58)43(17-6-9-26-59)53(54(44)55)45-32-42(21-23-47(45)67-55)66-41-16-11-14-39(29-41)35-60/h2,11,14,16,19,21-23,29-32,35,37,40,43,50,52-54,58-59H,1,3-10,12-13,15,17-18,20,24-28,33-34,36H2/t40-,43+,50-,52?,53+,54+,55+/m0/s1. The summed E-state index contributed by atoms with van der Waals surface area (Å²) in [4.78, 5) is 35.5. The van der Waals surface area contributed by atoms with Crippen molar-refractivity contribution in [1.29, 1.82) is 0 Å². The van der Waals surface area contributed by atoms with Crippen LogP contribution in [0, 0.1) is 23.7 Å². The van der Waals surface area contributed by atoms with E-state index in [2.05, 4.69) is 18.7 Å². The molecule has 1 amide bonds. The second-order valence-electron chi connectivity index (χ2n) is 19.4. The number of rotatable bonds is 22. The summed E-state index contributed by atoms with van der Waals surface area (Å²) in [6.07, 6.45) is 17.7. The van der Waals surface area contributed by atoms with Gasteiger partial charge in [-0.25, -0.2) is 0 Å². The van der Waals surface area contributed by atoms with Crippen molar-refractivity contribution in [2.24, 2.45) is 28.8 Å². The van der Waals surface area contributed by atoms with Gasteiger partial charge in [-0.2, -0.15) is 0 Å². The van der Waals surface area contributed by atoms with Gasteiger partial charge in [0.1, 0.15) is 29.6 Å². The molecule has 2 N–H and O–H groups in total. The van der Waals surface area contributed by atoms with Crippen LogP contribution in [0.4, 0.5) is 0 Å². The molecule has 3 aliphatic carbocycles. The molecule has 68 heavy (non-hydrogen) atoms. The third-order valence-corrected chi connectivity index (χ3v) is 15.0. The summed E-state index contributed by atoms with van der Waals surface area (Å²) < 4.78 is 39.0. The largest absolute Gasteiger partial charge is 0.459 e. The van der Waals surface area contributed by atoms with Crippen LogP contribution in [0.25, 0.3) is 0 Å². The SMILES string of the molecule is C=CCO[C@@]12Oc3ccc(Oc4cccc(C=O)c4)cc3[C@H]3[C@H](CCCCO)[C@@H](CCCCO)C=C(C(=NOC4CCCCO4)C[C@@H]1N(Cc1ccc4c(c1)OCO4)C(=O)CCC1CCCC1)[C@H]32. The fourth-order valence-corrected chi connectivity index (χ4v) is 11.8. The fourth-order valence-electron chi connectivity index (χ4n) is 11.8. The highest BCUT2D eigenvalue weighted by Crippen LogP contribution is 2.62. The molecule has 1 saturated heterocycles. The van der Waals surface area contributed by atoms with Crippen LogP contribution in [0.15, 0.2) is 90.1 Å². The van der Waals surface area contributed by atoms with E-state index in [1.807, 2.05) is 41.3 Å². The highest BCUT2D eigenvalue weighted by atomic mass is 16.8. The van der Waals surface area contributed by atoms with Gasteiger partial charge in [-0.15, -0.1) is 6.58 Å². The number of ether oxygens (including phenoxy) is 6. The van der Waals surface area contributed by atoms with Crippen molar-refractivity contribution in [3.05, 3.63) is 102 Å². The molecular formula is C55H68N2O11. The summed E-state index contributed by atoms with van der Waals surface area (Å²) in [7, 11) is 0. The molecule has 7 atom stereocenters. The second-order valence-corrected chi connectivity index (χ2v) is 19.4. The van der Waals surface area contributed by atoms with Crippen LogP contribution < -0.4 is 18.9 Å². The Morgan fingerprint density at radius 3 is 2.47 bits per heavy atom. The predicted molar refractivity (Wildman–Crippen MR) is 256 cm³/mol. The lowest BCUT2D eigenvalue weighted by molar-refractivity contribution is -0.258. The van der Waals surface area contributed by atoms with Gasteiger partial charge in [-0.3, -0.25) is 9.59 Å². The number of fused-ring (bicyclic) bond motifs is 3. The molecule has 3 fully saturated rings. The number of aliphatic hydroxyl groups is 2. The first-order valence-corrected chi connectivity index (χ1v) is 25.2. The third kappa shape index (κ3) is 10.5. The van der Waals surface area contributed by atoms with E-state index in [1.165, 1.54) is 12.8 Å². The van der Waals surface area contributed by atoms with Crippen molar-refractivity contribution in [3.63, 3.8) is 0 Å². The summed E-state index contributed by atoms with van der Waals surface area (Å²) >= 11 is 0. The minimum absolute atomic E-state index is 0.00823. The van der Waals surface area contributed by atoms with Crippen molar-refractivity contribution >= 4 is 17.9 Å². The van der Waals surface area contributed by atoms with Gasteiger partial charge < -0.3 is 48.4 Å². The van der Waals surface area contributed by atoms with E-state index in [9.17, 15) is 15.0 Å². The van der Waals surface area contributed by atoms with Crippen molar-refractivity contribution in [2.75, 3.05) is 33.2 Å². The number of unbranched alkanes of at least 4 members (excludes halogenated alkanes) is 2. The highest BCUT2D eigenvalue weighted by molar-refractivity contribution is 6.03. The number of nitrogens with zero attached hydrogens (tertiary/aromatic N) is 2. The molecule has 13 nitrogen and oxygen atoms in total. The molecule has 13 heteroatoms. The maximum absolute atomic E-state index is 15.4. The first-order valence-electron chi connectivity index (χ1n) is 25.2. The Bertz CT molecular complexity index is 2280. The lowest BCUT2D eigenvalue weighted by Gasteiger charge is -2.60. The number of benzene rings is 3. The van der Waals surface area contributed by atoms with Crippen LogP contribution in [-0.4, -0.2) is 84.4 Å². The molecular weight excluding hydrogens is 865 g/mol. The number of carbonyl (C=O) groups is 2. The van der Waals surface area contributed by atoms with E-state index < -0.39 is 24.0 Å². The molecule has 3 aromatic rings. The van der Waals surface area contributed by atoms with Crippen LogP contribution >= 0.6 is 0 Å². The maximum Gasteiger partial charge on any atom is 0.239 e. The molecule has 9 rings (SSSR count). The Morgan fingerprint density at radius 2 is 1.68 bits per heavy atom.